The molecule has 0 aromatic heterocycles. The van der Waals surface area contributed by atoms with E-state index in [1.165, 1.54) is 6.42 Å². The van der Waals surface area contributed by atoms with Crippen LogP contribution in [0.25, 0.3) is 0 Å². The molecule has 4 N–H and O–H groups in total. The van der Waals surface area contributed by atoms with Crippen LogP contribution in [0.1, 0.15) is 118 Å². The first-order valence-corrected chi connectivity index (χ1v) is 17.9. The lowest BCUT2D eigenvalue weighted by Gasteiger charge is -2.64. The van der Waals surface area contributed by atoms with E-state index < -0.39 is 21.4 Å². The zero-order chi connectivity index (χ0) is 29.0. The first-order chi connectivity index (χ1) is 18.8. The smallest absolute Gasteiger partial charge is 0.269 e. The van der Waals surface area contributed by atoms with Crippen molar-refractivity contribution >= 4 is 16.0 Å². The second-order valence-electron chi connectivity index (χ2n) is 15.1. The molecular weight excluding hydrogens is 526 g/mol. The summed E-state index contributed by atoms with van der Waals surface area (Å²) in [5.41, 5.74) is 0.360. The fourth-order valence-corrected chi connectivity index (χ4v) is 12.5. The molecule has 0 aromatic carbocycles. The molecule has 8 heteroatoms. The van der Waals surface area contributed by atoms with Crippen LogP contribution in [0.4, 0.5) is 0 Å². The maximum Gasteiger partial charge on any atom is 0.269 e. The molecule has 5 aliphatic rings. The molecule has 0 spiro atoms. The molecule has 5 aliphatic carbocycles. The number of carbonyl (C=O) groups is 1. The summed E-state index contributed by atoms with van der Waals surface area (Å²) in [4.78, 5) is 12.9. The third-order valence-corrected chi connectivity index (χ3v) is 14.7. The minimum atomic E-state index is -4.17. The Bertz CT molecular complexity index is 1030. The Morgan fingerprint density at radius 1 is 0.950 bits per heavy atom. The van der Waals surface area contributed by atoms with Gasteiger partial charge in [-0.05, 0) is 116 Å². The molecule has 13 unspecified atom stereocenters. The molecule has 230 valence electrons. The Labute approximate surface area is 242 Å². The lowest BCUT2D eigenvalue weighted by atomic mass is 9.41. The average molecular weight is 582 g/mol. The quantitative estimate of drug-likeness (QED) is 0.301. The number of rotatable bonds is 7. The van der Waals surface area contributed by atoms with Crippen molar-refractivity contribution in [1.82, 2.24) is 5.32 Å². The van der Waals surface area contributed by atoms with E-state index in [1.807, 2.05) is 0 Å². The van der Waals surface area contributed by atoms with Crippen LogP contribution in [0.15, 0.2) is 0 Å². The van der Waals surface area contributed by atoms with Gasteiger partial charge in [-0.2, -0.15) is 8.42 Å². The number of hydrogen-bond donors (Lipinski definition) is 4. The van der Waals surface area contributed by atoms with Crippen LogP contribution in [0.3, 0.4) is 0 Å². The molecule has 1 amide bonds. The van der Waals surface area contributed by atoms with Crippen molar-refractivity contribution < 1.29 is 28.0 Å². The average Bonchev–Trinajstić information content (AvgIpc) is 3.25. The standard InChI is InChI=1S/C32H55NO6S/c1-5-21-25-18-20(34)14-16-32(25,4)24-15-17-31(3)22(11-12-23(31)29(24)30(21)36)19(2)10-13-28(35)33-26-8-6-7-9-27(26)40(37,38)39/h19-27,29-30,34,36H,5-18H2,1-4H3,(H,33,35)(H,37,38,39). The Kier molecular flexibility index (Phi) is 8.78. The highest BCUT2D eigenvalue weighted by molar-refractivity contribution is 7.86. The first kappa shape index (κ1) is 30.7. The molecule has 5 rings (SSSR count). The molecule has 0 saturated heterocycles. The van der Waals surface area contributed by atoms with Crippen molar-refractivity contribution in [2.24, 2.45) is 52.3 Å². The summed E-state index contributed by atoms with van der Waals surface area (Å²) in [5.74, 6) is 2.78. The zero-order valence-corrected chi connectivity index (χ0v) is 26.0. The zero-order valence-electron chi connectivity index (χ0n) is 25.2. The molecule has 40 heavy (non-hydrogen) atoms. The van der Waals surface area contributed by atoms with Gasteiger partial charge in [0, 0.05) is 12.5 Å². The predicted octanol–water partition coefficient (Wildman–Crippen LogP) is 5.34. The Hall–Kier alpha value is -0.700. The number of carbonyl (C=O) groups excluding carboxylic acids is 1. The van der Waals surface area contributed by atoms with Crippen LogP contribution in [0, 0.1) is 52.3 Å². The van der Waals surface area contributed by atoms with Gasteiger partial charge in [0.2, 0.25) is 5.91 Å². The fraction of sp³-hybridized carbons (Fsp3) is 0.969. The van der Waals surface area contributed by atoms with Gasteiger partial charge in [0.1, 0.15) is 5.25 Å². The number of aliphatic hydroxyl groups is 2. The van der Waals surface area contributed by atoms with E-state index >= 15 is 0 Å². The summed E-state index contributed by atoms with van der Waals surface area (Å²) in [6, 6.07) is -0.499. The molecule has 13 atom stereocenters. The van der Waals surface area contributed by atoms with E-state index in [0.29, 0.717) is 54.8 Å². The monoisotopic (exact) mass is 581 g/mol. The third kappa shape index (κ3) is 5.30. The maximum atomic E-state index is 12.9. The van der Waals surface area contributed by atoms with Gasteiger partial charge >= 0.3 is 0 Å². The summed E-state index contributed by atoms with van der Waals surface area (Å²) in [7, 11) is -4.17. The van der Waals surface area contributed by atoms with E-state index in [-0.39, 0.29) is 34.9 Å². The Morgan fingerprint density at radius 3 is 2.33 bits per heavy atom. The van der Waals surface area contributed by atoms with Crippen LogP contribution in [-0.2, 0) is 14.9 Å². The largest absolute Gasteiger partial charge is 0.393 e. The van der Waals surface area contributed by atoms with Gasteiger partial charge in [-0.1, -0.05) is 47.0 Å². The van der Waals surface area contributed by atoms with Crippen molar-refractivity contribution in [1.29, 1.82) is 0 Å². The van der Waals surface area contributed by atoms with Gasteiger partial charge in [-0.25, -0.2) is 0 Å². The lowest BCUT2D eigenvalue weighted by molar-refractivity contribution is -0.203. The minimum Gasteiger partial charge on any atom is -0.393 e. The molecule has 0 heterocycles. The van der Waals surface area contributed by atoms with Crippen molar-refractivity contribution in [3.8, 4) is 0 Å². The Balaban J connectivity index is 1.25. The summed E-state index contributed by atoms with van der Waals surface area (Å²) < 4.78 is 33.3. The molecule has 0 aliphatic heterocycles. The molecule has 0 aromatic rings. The second kappa shape index (κ2) is 11.4. The highest BCUT2D eigenvalue weighted by Gasteiger charge is 2.64. The SMILES string of the molecule is CCC1C(O)C2C3CCC(C(C)CCC(=O)NC4CCCCC4S(=O)(=O)O)C3(C)CCC2C2(C)CCC(O)CC12. The summed E-state index contributed by atoms with van der Waals surface area (Å²) in [5, 5.41) is 24.5. The van der Waals surface area contributed by atoms with Crippen molar-refractivity contribution in [3.63, 3.8) is 0 Å². The van der Waals surface area contributed by atoms with Crippen LogP contribution >= 0.6 is 0 Å². The molecule has 7 nitrogen and oxygen atoms in total. The molecule has 5 saturated carbocycles. The fourth-order valence-electron chi connectivity index (χ4n) is 11.4. The van der Waals surface area contributed by atoms with E-state index in [9.17, 15) is 28.0 Å². The van der Waals surface area contributed by atoms with Crippen molar-refractivity contribution in [3.05, 3.63) is 0 Å². The van der Waals surface area contributed by atoms with Crippen LogP contribution in [0.2, 0.25) is 0 Å². The van der Waals surface area contributed by atoms with Gasteiger partial charge in [0.05, 0.1) is 12.2 Å². The number of nitrogens with one attached hydrogen (secondary N) is 1. The molecule has 0 bridgehead atoms. The maximum absolute atomic E-state index is 12.9. The third-order valence-electron chi connectivity index (χ3n) is 13.4. The highest BCUT2D eigenvalue weighted by atomic mass is 32.2. The number of hydrogen-bond acceptors (Lipinski definition) is 5. The van der Waals surface area contributed by atoms with Crippen molar-refractivity contribution in [2.75, 3.05) is 0 Å². The van der Waals surface area contributed by atoms with Gasteiger partial charge < -0.3 is 15.5 Å². The van der Waals surface area contributed by atoms with E-state index in [4.69, 9.17) is 0 Å². The number of amides is 1. The van der Waals surface area contributed by atoms with Crippen LogP contribution in [-0.4, -0.2) is 52.6 Å². The normalized spacial score (nSPS) is 48.0. The van der Waals surface area contributed by atoms with Gasteiger partial charge in [0.15, 0.2) is 0 Å². The summed E-state index contributed by atoms with van der Waals surface area (Å²) in [6.45, 7) is 9.44. The second-order valence-corrected chi connectivity index (χ2v) is 16.8. The topological polar surface area (TPSA) is 124 Å². The summed E-state index contributed by atoms with van der Waals surface area (Å²) >= 11 is 0. The highest BCUT2D eigenvalue weighted by Crippen LogP contribution is 2.69. The van der Waals surface area contributed by atoms with Crippen LogP contribution < -0.4 is 5.32 Å². The number of aliphatic hydroxyl groups excluding tert-OH is 2. The minimum absolute atomic E-state index is 0.109. The Morgan fingerprint density at radius 2 is 1.62 bits per heavy atom. The van der Waals surface area contributed by atoms with E-state index in [0.717, 1.165) is 64.2 Å². The van der Waals surface area contributed by atoms with E-state index in [1.54, 1.807) is 0 Å². The summed E-state index contributed by atoms with van der Waals surface area (Å²) in [6.07, 6.45) is 11.6. The predicted molar refractivity (Wildman–Crippen MR) is 156 cm³/mol. The van der Waals surface area contributed by atoms with Crippen LogP contribution in [0.5, 0.6) is 0 Å². The van der Waals surface area contributed by atoms with E-state index in [2.05, 4.69) is 33.0 Å². The molecule has 5 fully saturated rings. The van der Waals surface area contributed by atoms with Gasteiger partial charge in [-0.3, -0.25) is 9.35 Å². The lowest BCUT2D eigenvalue weighted by Crippen LogP contribution is -2.62. The van der Waals surface area contributed by atoms with Crippen molar-refractivity contribution in [2.45, 2.75) is 141 Å². The molecular formula is C32H55NO6S. The van der Waals surface area contributed by atoms with Gasteiger partial charge in [0.25, 0.3) is 10.1 Å². The first-order valence-electron chi connectivity index (χ1n) is 16.4. The molecule has 0 radical (unpaired) electrons. The van der Waals surface area contributed by atoms with Gasteiger partial charge in [-0.15, -0.1) is 0 Å². The number of fused-ring (bicyclic) bond motifs is 5.